The Hall–Kier alpha value is -0.720. The quantitative estimate of drug-likeness (QED) is 0.828. The molecule has 0 aromatic carbocycles. The van der Waals surface area contributed by atoms with Crippen LogP contribution in [0, 0.1) is 0 Å². The number of sulfonamides is 1. The molecule has 0 radical (unpaired) electrons. The van der Waals surface area contributed by atoms with E-state index in [1.54, 1.807) is 6.92 Å². The highest BCUT2D eigenvalue weighted by molar-refractivity contribution is 7.89. The number of hydrogen-bond acceptors (Lipinski definition) is 4. The van der Waals surface area contributed by atoms with Gasteiger partial charge < -0.3 is 0 Å². The van der Waals surface area contributed by atoms with Gasteiger partial charge in [0.2, 0.25) is 10.0 Å². The van der Waals surface area contributed by atoms with E-state index >= 15 is 0 Å². The molecule has 78 valence electrons. The molecule has 0 aliphatic carbocycles. The monoisotopic (exact) mass is 235 g/mol. The molecule has 1 rings (SSSR count). The molecular formula is C7H10ClN3O2S. The minimum absolute atomic E-state index is 0.0496. The largest absolute Gasteiger partial charge is 0.255 e. The van der Waals surface area contributed by atoms with Crippen molar-refractivity contribution >= 4 is 21.6 Å². The van der Waals surface area contributed by atoms with Gasteiger partial charge in [0.15, 0.2) is 0 Å². The van der Waals surface area contributed by atoms with Crippen LogP contribution < -0.4 is 4.72 Å². The molecule has 0 amide bonds. The fourth-order valence-corrected chi connectivity index (χ4v) is 1.39. The second-order valence-electron chi connectivity index (χ2n) is 2.55. The lowest BCUT2D eigenvalue weighted by Crippen LogP contribution is -2.25. The van der Waals surface area contributed by atoms with Crippen molar-refractivity contribution in [2.45, 2.75) is 13.5 Å². The summed E-state index contributed by atoms with van der Waals surface area (Å²) in [7, 11) is -3.18. The predicted octanol–water partition coefficient (Wildman–Crippen LogP) is 0.569. The van der Waals surface area contributed by atoms with Crippen molar-refractivity contribution in [1.82, 2.24) is 14.7 Å². The summed E-state index contributed by atoms with van der Waals surface area (Å²) < 4.78 is 24.5. The second-order valence-corrected chi connectivity index (χ2v) is 5.04. The van der Waals surface area contributed by atoms with Crippen LogP contribution in [0.2, 0.25) is 5.15 Å². The maximum absolute atomic E-state index is 11.1. The van der Waals surface area contributed by atoms with Crippen LogP contribution >= 0.6 is 11.6 Å². The summed E-state index contributed by atoms with van der Waals surface area (Å²) in [5.74, 6) is 0.0496. The van der Waals surface area contributed by atoms with Crippen LogP contribution in [0.25, 0.3) is 0 Å². The van der Waals surface area contributed by atoms with E-state index in [0.717, 1.165) is 0 Å². The summed E-state index contributed by atoms with van der Waals surface area (Å²) in [5, 5.41) is 0.284. The predicted molar refractivity (Wildman–Crippen MR) is 53.3 cm³/mol. The highest BCUT2D eigenvalue weighted by Crippen LogP contribution is 2.01. The van der Waals surface area contributed by atoms with E-state index in [4.69, 9.17) is 11.6 Å². The summed E-state index contributed by atoms with van der Waals surface area (Å²) in [6, 6.07) is 0. The van der Waals surface area contributed by atoms with Crippen LogP contribution in [0.5, 0.6) is 0 Å². The number of aromatic nitrogens is 2. The molecule has 0 unspecified atom stereocenters. The number of hydrogen-bond donors (Lipinski definition) is 1. The first-order chi connectivity index (χ1) is 6.53. The average Bonchev–Trinajstić information content (AvgIpc) is 2.17. The van der Waals surface area contributed by atoms with Crippen LogP contribution in [-0.2, 0) is 16.6 Å². The zero-order valence-electron chi connectivity index (χ0n) is 7.57. The highest BCUT2D eigenvalue weighted by Gasteiger charge is 2.06. The molecule has 0 fully saturated rings. The van der Waals surface area contributed by atoms with Gasteiger partial charge in [0.1, 0.15) is 5.15 Å². The van der Waals surface area contributed by atoms with Crippen LogP contribution in [0.4, 0.5) is 0 Å². The van der Waals surface area contributed by atoms with Gasteiger partial charge in [0.05, 0.1) is 30.4 Å². The summed E-state index contributed by atoms with van der Waals surface area (Å²) in [5.41, 5.74) is 0.534. The molecule has 7 heteroatoms. The van der Waals surface area contributed by atoms with E-state index in [1.165, 1.54) is 12.4 Å². The molecule has 14 heavy (non-hydrogen) atoms. The highest BCUT2D eigenvalue weighted by atomic mass is 35.5. The van der Waals surface area contributed by atoms with Gasteiger partial charge in [-0.05, 0) is 6.92 Å². The summed E-state index contributed by atoms with van der Waals surface area (Å²) >= 11 is 5.52. The van der Waals surface area contributed by atoms with Crippen LogP contribution in [0.15, 0.2) is 12.4 Å². The molecule has 0 spiro atoms. The van der Waals surface area contributed by atoms with Crippen LogP contribution in [0.3, 0.4) is 0 Å². The summed E-state index contributed by atoms with van der Waals surface area (Å²) in [4.78, 5) is 7.67. The van der Waals surface area contributed by atoms with Crippen molar-refractivity contribution in [3.63, 3.8) is 0 Å². The normalized spacial score (nSPS) is 11.6. The van der Waals surface area contributed by atoms with E-state index in [0.29, 0.717) is 5.69 Å². The third-order valence-corrected chi connectivity index (χ3v) is 3.07. The Bertz CT molecular complexity index is 390. The molecule has 0 saturated carbocycles. The van der Waals surface area contributed by atoms with Crippen molar-refractivity contribution in [3.05, 3.63) is 23.2 Å². The Morgan fingerprint density at radius 1 is 1.43 bits per heavy atom. The van der Waals surface area contributed by atoms with Crippen LogP contribution in [0.1, 0.15) is 12.6 Å². The molecular weight excluding hydrogens is 226 g/mol. The standard InChI is InChI=1S/C7H10ClN3O2S/c1-2-14(12,13)11-4-6-3-10-7(8)5-9-6/h3,5,11H,2,4H2,1H3. The van der Waals surface area contributed by atoms with Gasteiger partial charge >= 0.3 is 0 Å². The Kier molecular flexibility index (Phi) is 3.79. The van der Waals surface area contributed by atoms with Crippen molar-refractivity contribution < 1.29 is 8.42 Å². The molecule has 0 aliphatic heterocycles. The van der Waals surface area contributed by atoms with Crippen molar-refractivity contribution in [2.24, 2.45) is 0 Å². The van der Waals surface area contributed by atoms with Crippen molar-refractivity contribution in [3.8, 4) is 0 Å². The second kappa shape index (κ2) is 4.68. The first kappa shape index (κ1) is 11.4. The molecule has 5 nitrogen and oxygen atoms in total. The third kappa shape index (κ3) is 3.57. The van der Waals surface area contributed by atoms with E-state index in [2.05, 4.69) is 14.7 Å². The maximum atomic E-state index is 11.1. The third-order valence-electron chi connectivity index (χ3n) is 1.53. The molecule has 1 heterocycles. The van der Waals surface area contributed by atoms with Gasteiger partial charge in [-0.1, -0.05) is 11.6 Å². The molecule has 1 N–H and O–H groups in total. The number of nitrogens with one attached hydrogen (secondary N) is 1. The van der Waals surface area contributed by atoms with Gasteiger partial charge in [-0.15, -0.1) is 0 Å². The Labute approximate surface area is 87.6 Å². The number of halogens is 1. The topological polar surface area (TPSA) is 72.0 Å². The zero-order chi connectivity index (χ0) is 10.6. The lowest BCUT2D eigenvalue weighted by atomic mass is 10.5. The lowest BCUT2D eigenvalue weighted by Gasteiger charge is -2.02. The number of rotatable bonds is 4. The Balaban J connectivity index is 2.59. The maximum Gasteiger partial charge on any atom is 0.211 e. The van der Waals surface area contributed by atoms with Crippen molar-refractivity contribution in [2.75, 3.05) is 5.75 Å². The molecule has 0 aliphatic rings. The summed E-state index contributed by atoms with van der Waals surface area (Å²) in [6.07, 6.45) is 2.80. The fraction of sp³-hybridized carbons (Fsp3) is 0.429. The number of nitrogens with zero attached hydrogens (tertiary/aromatic N) is 2. The van der Waals surface area contributed by atoms with Gasteiger partial charge in [0.25, 0.3) is 0 Å². The minimum atomic E-state index is -3.18. The lowest BCUT2D eigenvalue weighted by molar-refractivity contribution is 0.581. The first-order valence-electron chi connectivity index (χ1n) is 3.97. The molecule has 0 saturated heterocycles. The van der Waals surface area contributed by atoms with E-state index in [1.807, 2.05) is 0 Å². The van der Waals surface area contributed by atoms with Crippen LogP contribution in [-0.4, -0.2) is 24.1 Å². The van der Waals surface area contributed by atoms with E-state index < -0.39 is 10.0 Å². The van der Waals surface area contributed by atoms with Gasteiger partial charge in [-0.2, -0.15) is 0 Å². The smallest absolute Gasteiger partial charge is 0.211 e. The Morgan fingerprint density at radius 2 is 2.14 bits per heavy atom. The van der Waals surface area contributed by atoms with E-state index in [-0.39, 0.29) is 17.5 Å². The molecule has 0 bridgehead atoms. The van der Waals surface area contributed by atoms with Gasteiger partial charge in [-0.3, -0.25) is 4.98 Å². The van der Waals surface area contributed by atoms with E-state index in [9.17, 15) is 8.42 Å². The average molecular weight is 236 g/mol. The Morgan fingerprint density at radius 3 is 2.64 bits per heavy atom. The molecule has 0 atom stereocenters. The van der Waals surface area contributed by atoms with Gasteiger partial charge in [-0.25, -0.2) is 18.1 Å². The SMILES string of the molecule is CCS(=O)(=O)NCc1cnc(Cl)cn1. The fourth-order valence-electron chi connectivity index (χ4n) is 0.716. The minimum Gasteiger partial charge on any atom is -0.255 e. The van der Waals surface area contributed by atoms with Gasteiger partial charge in [0, 0.05) is 0 Å². The first-order valence-corrected chi connectivity index (χ1v) is 6.00. The molecule has 1 aromatic heterocycles. The summed E-state index contributed by atoms with van der Waals surface area (Å²) in [6.45, 7) is 1.70. The molecule has 1 aromatic rings. The zero-order valence-corrected chi connectivity index (χ0v) is 9.14. The van der Waals surface area contributed by atoms with Crippen molar-refractivity contribution in [1.29, 1.82) is 0 Å².